The lowest BCUT2D eigenvalue weighted by Crippen LogP contribution is -2.39. The highest BCUT2D eigenvalue weighted by atomic mass is 32.1. The maximum absolute atomic E-state index is 13.0. The number of alkyl halides is 3. The van der Waals surface area contributed by atoms with Gasteiger partial charge in [-0.1, -0.05) is 11.3 Å². The van der Waals surface area contributed by atoms with Gasteiger partial charge < -0.3 is 19.9 Å². The molecule has 2 heterocycles. The summed E-state index contributed by atoms with van der Waals surface area (Å²) in [6.07, 6.45) is -4.41. The van der Waals surface area contributed by atoms with E-state index in [1.165, 1.54) is 6.07 Å². The summed E-state index contributed by atoms with van der Waals surface area (Å²) in [7, 11) is 1.59. The van der Waals surface area contributed by atoms with Gasteiger partial charge in [-0.2, -0.15) is 13.2 Å². The summed E-state index contributed by atoms with van der Waals surface area (Å²) in [6, 6.07) is 8.73. The molecule has 34 heavy (non-hydrogen) atoms. The van der Waals surface area contributed by atoms with Gasteiger partial charge in [0, 0.05) is 25.8 Å². The number of nitrogens with zero attached hydrogens (tertiary/aromatic N) is 3. The molecule has 1 amide bonds. The summed E-state index contributed by atoms with van der Waals surface area (Å²) in [5.74, 6) is 0.255. The fraction of sp³-hybridized carbons (Fsp3) is 0.348. The smallest absolute Gasteiger partial charge is 0.377 e. The molecule has 0 aliphatic rings. The molecule has 2 N–H and O–H groups in total. The topological polar surface area (TPSA) is 81.1 Å². The first-order chi connectivity index (χ1) is 16.0. The molecule has 0 atom stereocenters. The fourth-order valence-electron chi connectivity index (χ4n) is 3.40. The molecular formula is C23H24F3N5O2S. The van der Waals surface area contributed by atoms with Crippen molar-refractivity contribution in [3.63, 3.8) is 0 Å². The predicted molar refractivity (Wildman–Crippen MR) is 127 cm³/mol. The van der Waals surface area contributed by atoms with Crippen molar-refractivity contribution in [3.8, 4) is 0 Å². The van der Waals surface area contributed by atoms with Crippen LogP contribution in [0.4, 0.5) is 24.3 Å². The van der Waals surface area contributed by atoms with Gasteiger partial charge in [-0.3, -0.25) is 4.79 Å². The molecule has 0 bridgehead atoms. The van der Waals surface area contributed by atoms with Crippen molar-refractivity contribution in [2.24, 2.45) is 0 Å². The van der Waals surface area contributed by atoms with Crippen molar-refractivity contribution in [1.82, 2.24) is 19.9 Å². The summed E-state index contributed by atoms with van der Waals surface area (Å²) in [5, 5.41) is 6.41. The number of methoxy groups -OCH3 is 1. The number of aromatic nitrogens is 3. The molecular weight excluding hydrogens is 467 g/mol. The molecule has 11 heteroatoms. The Morgan fingerprint density at radius 1 is 1.12 bits per heavy atom. The highest BCUT2D eigenvalue weighted by Crippen LogP contribution is 2.35. The van der Waals surface area contributed by atoms with Crippen LogP contribution in [0.25, 0.3) is 21.3 Å². The van der Waals surface area contributed by atoms with Crippen LogP contribution >= 0.6 is 11.3 Å². The number of carbonyl (C=O) groups excluding carboxylic acids is 1. The Bertz CT molecular complexity index is 1360. The maximum atomic E-state index is 13.0. The van der Waals surface area contributed by atoms with E-state index in [4.69, 9.17) is 4.74 Å². The Hall–Kier alpha value is -3.18. The van der Waals surface area contributed by atoms with Gasteiger partial charge in [-0.15, -0.1) is 0 Å². The zero-order chi connectivity index (χ0) is 24.7. The molecule has 0 aliphatic carbocycles. The van der Waals surface area contributed by atoms with Crippen LogP contribution in [-0.4, -0.2) is 39.7 Å². The normalized spacial score (nSPS) is 12.4. The minimum Gasteiger partial charge on any atom is -0.377 e. The van der Waals surface area contributed by atoms with E-state index in [0.717, 1.165) is 29.0 Å². The number of ether oxygens (including phenoxy) is 1. The molecule has 0 saturated heterocycles. The lowest BCUT2D eigenvalue weighted by Gasteiger charge is -2.23. The summed E-state index contributed by atoms with van der Waals surface area (Å²) in [5.41, 5.74) is 1.17. The van der Waals surface area contributed by atoms with Crippen LogP contribution in [0, 0.1) is 0 Å². The van der Waals surface area contributed by atoms with E-state index in [2.05, 4.69) is 20.6 Å². The molecule has 0 fully saturated rings. The second-order valence-corrected chi connectivity index (χ2v) is 9.38. The Balaban J connectivity index is 1.61. The van der Waals surface area contributed by atoms with Crippen LogP contribution in [0.2, 0.25) is 0 Å². The second kappa shape index (κ2) is 8.88. The lowest BCUT2D eigenvalue weighted by atomic mass is 10.1. The van der Waals surface area contributed by atoms with Gasteiger partial charge in [0.05, 0.1) is 32.4 Å². The highest BCUT2D eigenvalue weighted by molar-refractivity contribution is 7.22. The minimum absolute atomic E-state index is 0.237. The minimum atomic E-state index is -4.41. The van der Waals surface area contributed by atoms with Gasteiger partial charge >= 0.3 is 6.18 Å². The van der Waals surface area contributed by atoms with Crippen LogP contribution < -0.4 is 10.6 Å². The molecule has 2 aromatic carbocycles. The molecule has 0 aliphatic heterocycles. The van der Waals surface area contributed by atoms with Gasteiger partial charge in [-0.05, 0) is 57.2 Å². The summed E-state index contributed by atoms with van der Waals surface area (Å²) >= 11 is 1.12. The SMILES string of the molecule is CCn1c(Nc2nc3ccc(C(F)(F)F)cc3s2)nc2cc(C(=O)NCC(C)(C)OC)ccc21. The quantitative estimate of drug-likeness (QED) is 0.353. The number of carbonyl (C=O) groups is 1. The average Bonchev–Trinajstić information content (AvgIpc) is 3.35. The van der Waals surface area contributed by atoms with E-state index < -0.39 is 17.3 Å². The van der Waals surface area contributed by atoms with E-state index in [9.17, 15) is 18.0 Å². The lowest BCUT2D eigenvalue weighted by molar-refractivity contribution is -0.137. The number of hydrogen-bond acceptors (Lipinski definition) is 6. The number of halogens is 3. The number of anilines is 2. The van der Waals surface area contributed by atoms with Crippen LogP contribution in [-0.2, 0) is 17.5 Å². The highest BCUT2D eigenvalue weighted by Gasteiger charge is 2.30. The van der Waals surface area contributed by atoms with Gasteiger partial charge in [0.2, 0.25) is 5.95 Å². The molecule has 0 radical (unpaired) electrons. The van der Waals surface area contributed by atoms with Crippen molar-refractivity contribution in [2.75, 3.05) is 19.0 Å². The van der Waals surface area contributed by atoms with Crippen molar-refractivity contribution >= 4 is 49.6 Å². The summed E-state index contributed by atoms with van der Waals surface area (Å²) < 4.78 is 46.7. The third-order valence-corrected chi connectivity index (χ3v) is 6.42. The van der Waals surface area contributed by atoms with E-state index in [-0.39, 0.29) is 5.91 Å². The Labute approximate surface area is 198 Å². The standard InChI is InChI=1S/C23H24F3N5O2S/c1-5-31-17-9-6-13(19(32)27-12-22(2,3)33-4)10-16(17)28-20(31)30-21-29-15-8-7-14(23(24,25)26)11-18(15)34-21/h6-11H,5,12H2,1-4H3,(H,27,32)(H,28,29,30). The van der Waals surface area contributed by atoms with Crippen molar-refractivity contribution in [2.45, 2.75) is 39.1 Å². The number of nitrogens with one attached hydrogen (secondary N) is 2. The molecule has 7 nitrogen and oxygen atoms in total. The van der Waals surface area contributed by atoms with Gasteiger partial charge in [0.1, 0.15) is 0 Å². The second-order valence-electron chi connectivity index (χ2n) is 8.35. The Kier molecular flexibility index (Phi) is 6.26. The number of thiazole rings is 1. The van der Waals surface area contributed by atoms with E-state index in [1.54, 1.807) is 19.2 Å². The third-order valence-electron chi connectivity index (χ3n) is 5.49. The number of imidazole rings is 1. The molecule has 2 aromatic heterocycles. The van der Waals surface area contributed by atoms with Crippen LogP contribution in [0.1, 0.15) is 36.7 Å². The first-order valence-corrected chi connectivity index (χ1v) is 11.4. The van der Waals surface area contributed by atoms with E-state index in [1.807, 2.05) is 31.4 Å². The van der Waals surface area contributed by atoms with Gasteiger partial charge in [0.15, 0.2) is 5.13 Å². The summed E-state index contributed by atoms with van der Waals surface area (Å²) in [6.45, 7) is 6.65. The Morgan fingerprint density at radius 3 is 2.56 bits per heavy atom. The molecule has 4 rings (SSSR count). The number of hydrogen-bond donors (Lipinski definition) is 2. The largest absolute Gasteiger partial charge is 0.416 e. The zero-order valence-electron chi connectivity index (χ0n) is 19.1. The van der Waals surface area contributed by atoms with E-state index in [0.29, 0.717) is 45.5 Å². The van der Waals surface area contributed by atoms with Crippen molar-refractivity contribution < 1.29 is 22.7 Å². The maximum Gasteiger partial charge on any atom is 0.416 e. The molecule has 4 aromatic rings. The summed E-state index contributed by atoms with van der Waals surface area (Å²) in [4.78, 5) is 21.6. The first kappa shape index (κ1) is 24.0. The van der Waals surface area contributed by atoms with Crippen LogP contribution in [0.5, 0.6) is 0 Å². The monoisotopic (exact) mass is 491 g/mol. The number of amides is 1. The zero-order valence-corrected chi connectivity index (χ0v) is 19.9. The molecule has 180 valence electrons. The fourth-order valence-corrected chi connectivity index (χ4v) is 4.30. The number of aryl methyl sites for hydroxylation is 1. The van der Waals surface area contributed by atoms with Crippen LogP contribution in [0.15, 0.2) is 36.4 Å². The number of benzene rings is 2. The third kappa shape index (κ3) is 4.85. The van der Waals surface area contributed by atoms with Crippen molar-refractivity contribution in [3.05, 3.63) is 47.5 Å². The number of rotatable bonds is 7. The number of fused-ring (bicyclic) bond motifs is 2. The molecule has 0 unspecified atom stereocenters. The van der Waals surface area contributed by atoms with Crippen molar-refractivity contribution in [1.29, 1.82) is 0 Å². The first-order valence-electron chi connectivity index (χ1n) is 10.6. The van der Waals surface area contributed by atoms with E-state index >= 15 is 0 Å². The predicted octanol–water partition coefficient (Wildman–Crippen LogP) is 5.58. The van der Waals surface area contributed by atoms with Gasteiger partial charge in [-0.25, -0.2) is 9.97 Å². The van der Waals surface area contributed by atoms with Gasteiger partial charge in [0.25, 0.3) is 5.91 Å². The average molecular weight is 492 g/mol. The Morgan fingerprint density at radius 2 is 1.88 bits per heavy atom. The van der Waals surface area contributed by atoms with Crippen LogP contribution in [0.3, 0.4) is 0 Å². The molecule has 0 saturated carbocycles. The molecule has 0 spiro atoms.